The minimum atomic E-state index is -0.0897. The van der Waals surface area contributed by atoms with Crippen LogP contribution in [0.1, 0.15) is 73.7 Å². The second kappa shape index (κ2) is 7.92. The van der Waals surface area contributed by atoms with Crippen LogP contribution >= 0.6 is 0 Å². The van der Waals surface area contributed by atoms with Gasteiger partial charge in [-0.1, -0.05) is 26.7 Å². The lowest BCUT2D eigenvalue weighted by Crippen LogP contribution is -2.34. The molecule has 0 radical (unpaired) electrons. The molecule has 1 aromatic heterocycles. The predicted octanol–water partition coefficient (Wildman–Crippen LogP) is 2.65. The van der Waals surface area contributed by atoms with Gasteiger partial charge in [0.2, 0.25) is 0 Å². The largest absolute Gasteiger partial charge is 0.378 e. The molecule has 1 fully saturated rings. The van der Waals surface area contributed by atoms with Crippen LogP contribution in [0.2, 0.25) is 0 Å². The van der Waals surface area contributed by atoms with Gasteiger partial charge in [0.1, 0.15) is 17.3 Å². The number of rotatable bonds is 7. The van der Waals surface area contributed by atoms with Crippen molar-refractivity contribution in [1.29, 1.82) is 0 Å². The number of amides is 1. The molecule has 0 spiro atoms. The summed E-state index contributed by atoms with van der Waals surface area (Å²) >= 11 is 0. The number of carbonyl (C=O) groups is 1. The van der Waals surface area contributed by atoms with Crippen LogP contribution in [0.15, 0.2) is 0 Å². The average molecular weight is 332 g/mol. The number of fused-ring (bicyclic) bond motifs is 1. The van der Waals surface area contributed by atoms with Crippen molar-refractivity contribution in [3.63, 3.8) is 0 Å². The van der Waals surface area contributed by atoms with Crippen molar-refractivity contribution >= 4 is 11.7 Å². The molecule has 1 aliphatic carbocycles. The molecule has 6 nitrogen and oxygen atoms in total. The Morgan fingerprint density at radius 2 is 2.08 bits per heavy atom. The molecule has 0 aromatic carbocycles. The van der Waals surface area contributed by atoms with E-state index in [-0.39, 0.29) is 11.8 Å². The summed E-state index contributed by atoms with van der Waals surface area (Å²) in [4.78, 5) is 21.2. The zero-order valence-electron chi connectivity index (χ0n) is 14.7. The van der Waals surface area contributed by atoms with Gasteiger partial charge in [0.05, 0.1) is 6.10 Å². The zero-order valence-corrected chi connectivity index (χ0v) is 14.7. The Kier molecular flexibility index (Phi) is 5.66. The summed E-state index contributed by atoms with van der Waals surface area (Å²) in [6.45, 7) is 6.32. The van der Waals surface area contributed by atoms with Gasteiger partial charge in [0.15, 0.2) is 0 Å². The quantitative estimate of drug-likeness (QED) is 0.751. The maximum Gasteiger partial charge on any atom is 0.270 e. The van der Waals surface area contributed by atoms with Crippen LogP contribution < -0.4 is 10.6 Å². The summed E-state index contributed by atoms with van der Waals surface area (Å²) in [6.07, 6.45) is 7.21. The van der Waals surface area contributed by atoms with E-state index >= 15 is 0 Å². The molecule has 2 aliphatic rings. The fraction of sp³-hybridized carbons (Fsp3) is 0.722. The highest BCUT2D eigenvalue weighted by atomic mass is 16.5. The van der Waals surface area contributed by atoms with Crippen molar-refractivity contribution < 1.29 is 9.53 Å². The summed E-state index contributed by atoms with van der Waals surface area (Å²) in [7, 11) is 0. The van der Waals surface area contributed by atoms with Gasteiger partial charge in [0, 0.05) is 31.2 Å². The number of anilines is 1. The molecule has 1 saturated carbocycles. The van der Waals surface area contributed by atoms with Crippen LogP contribution in [0.25, 0.3) is 0 Å². The first-order chi connectivity index (χ1) is 11.6. The molecule has 1 amide bonds. The predicted molar refractivity (Wildman–Crippen MR) is 93.5 cm³/mol. The monoisotopic (exact) mass is 332 g/mol. The van der Waals surface area contributed by atoms with Gasteiger partial charge in [-0.05, 0) is 25.7 Å². The minimum Gasteiger partial charge on any atom is -0.378 e. The zero-order chi connectivity index (χ0) is 16.9. The average Bonchev–Trinajstić information content (AvgIpc) is 3.08. The molecule has 24 heavy (non-hydrogen) atoms. The van der Waals surface area contributed by atoms with E-state index in [0.29, 0.717) is 18.3 Å². The highest BCUT2D eigenvalue weighted by Gasteiger charge is 2.24. The van der Waals surface area contributed by atoms with Crippen molar-refractivity contribution in [2.45, 2.75) is 64.4 Å². The van der Waals surface area contributed by atoms with Crippen LogP contribution in [0.5, 0.6) is 0 Å². The number of carbonyl (C=O) groups excluding carboxylic acids is 1. The van der Waals surface area contributed by atoms with E-state index in [1.807, 2.05) is 13.8 Å². The summed E-state index contributed by atoms with van der Waals surface area (Å²) < 4.78 is 5.90. The fourth-order valence-corrected chi connectivity index (χ4v) is 3.30. The van der Waals surface area contributed by atoms with E-state index in [0.717, 1.165) is 43.2 Å². The molecule has 0 bridgehead atoms. The minimum absolute atomic E-state index is 0.0897. The number of nitrogens with one attached hydrogen (secondary N) is 2. The number of hydrogen-bond donors (Lipinski definition) is 2. The lowest BCUT2D eigenvalue weighted by Gasteiger charge is -2.21. The summed E-state index contributed by atoms with van der Waals surface area (Å²) in [5.41, 5.74) is 1.48. The summed E-state index contributed by atoms with van der Waals surface area (Å²) in [5, 5.41) is 6.27. The normalized spacial score (nSPS) is 17.9. The highest BCUT2D eigenvalue weighted by Crippen LogP contribution is 2.23. The van der Waals surface area contributed by atoms with Crippen molar-refractivity contribution in [3.8, 4) is 0 Å². The number of hydrogen-bond acceptors (Lipinski definition) is 5. The van der Waals surface area contributed by atoms with Crippen LogP contribution in [0.3, 0.4) is 0 Å². The lowest BCUT2D eigenvalue weighted by molar-refractivity contribution is 0.0583. The Hall–Kier alpha value is -1.69. The van der Waals surface area contributed by atoms with Gasteiger partial charge in [-0.25, -0.2) is 9.97 Å². The smallest absolute Gasteiger partial charge is 0.270 e. The fourth-order valence-electron chi connectivity index (χ4n) is 3.30. The van der Waals surface area contributed by atoms with Crippen molar-refractivity contribution in [2.75, 3.05) is 25.0 Å². The van der Waals surface area contributed by atoms with E-state index < -0.39 is 0 Å². The third-order valence-corrected chi connectivity index (χ3v) is 4.69. The van der Waals surface area contributed by atoms with Gasteiger partial charge < -0.3 is 15.4 Å². The Morgan fingerprint density at radius 3 is 2.83 bits per heavy atom. The third-order valence-electron chi connectivity index (χ3n) is 4.69. The van der Waals surface area contributed by atoms with E-state index in [2.05, 4.69) is 20.6 Å². The molecule has 2 N–H and O–H groups in total. The first kappa shape index (κ1) is 17.1. The SMILES string of the molecule is CC(C)c1nc(NCCCOC2CCCC2)c2c(n1)C(=O)NCC2. The summed E-state index contributed by atoms with van der Waals surface area (Å²) in [6, 6.07) is 0. The molecule has 1 aromatic rings. The Balaban J connectivity index is 1.60. The Bertz CT molecular complexity index is 583. The second-order valence-corrected chi connectivity index (χ2v) is 6.98. The number of aromatic nitrogens is 2. The van der Waals surface area contributed by atoms with Crippen LogP contribution in [-0.4, -0.2) is 41.7 Å². The molecule has 0 unspecified atom stereocenters. The molecule has 132 valence electrons. The molecular weight excluding hydrogens is 304 g/mol. The first-order valence-electron chi connectivity index (χ1n) is 9.19. The van der Waals surface area contributed by atoms with Crippen LogP contribution in [0.4, 0.5) is 5.82 Å². The van der Waals surface area contributed by atoms with E-state index in [4.69, 9.17) is 4.74 Å². The lowest BCUT2D eigenvalue weighted by atomic mass is 10.1. The Morgan fingerprint density at radius 1 is 1.29 bits per heavy atom. The maximum atomic E-state index is 12.1. The molecule has 2 heterocycles. The van der Waals surface area contributed by atoms with Gasteiger partial charge >= 0.3 is 0 Å². The van der Waals surface area contributed by atoms with Gasteiger partial charge in [-0.2, -0.15) is 0 Å². The molecular formula is C18H28N4O2. The molecule has 0 atom stereocenters. The molecule has 3 rings (SSSR count). The third kappa shape index (κ3) is 4.04. The van der Waals surface area contributed by atoms with Crippen molar-refractivity contribution in [1.82, 2.24) is 15.3 Å². The topological polar surface area (TPSA) is 76.1 Å². The van der Waals surface area contributed by atoms with Gasteiger partial charge in [0.25, 0.3) is 5.91 Å². The van der Waals surface area contributed by atoms with E-state index in [1.165, 1.54) is 25.7 Å². The molecule has 6 heteroatoms. The van der Waals surface area contributed by atoms with Crippen LogP contribution in [-0.2, 0) is 11.2 Å². The van der Waals surface area contributed by atoms with E-state index in [9.17, 15) is 4.79 Å². The second-order valence-electron chi connectivity index (χ2n) is 6.98. The van der Waals surface area contributed by atoms with Crippen molar-refractivity contribution in [2.24, 2.45) is 0 Å². The maximum absolute atomic E-state index is 12.1. The summed E-state index contributed by atoms with van der Waals surface area (Å²) in [5.74, 6) is 1.64. The van der Waals surface area contributed by atoms with E-state index in [1.54, 1.807) is 0 Å². The van der Waals surface area contributed by atoms with Crippen LogP contribution in [0, 0.1) is 0 Å². The molecule has 1 aliphatic heterocycles. The standard InChI is InChI=1S/C18H28N4O2/c1-12(2)16-21-15-14(8-10-20-18(15)23)17(22-16)19-9-5-11-24-13-6-3-4-7-13/h12-13H,3-11H2,1-2H3,(H,20,23)(H,19,21,22). The van der Waals surface area contributed by atoms with Crippen molar-refractivity contribution in [3.05, 3.63) is 17.1 Å². The Labute approximate surface area is 143 Å². The highest BCUT2D eigenvalue weighted by molar-refractivity contribution is 5.96. The first-order valence-corrected chi connectivity index (χ1v) is 9.19. The van der Waals surface area contributed by atoms with Gasteiger partial charge in [-0.15, -0.1) is 0 Å². The van der Waals surface area contributed by atoms with Gasteiger partial charge in [-0.3, -0.25) is 4.79 Å². The number of nitrogens with zero attached hydrogens (tertiary/aromatic N) is 2. The number of ether oxygens (including phenoxy) is 1. The molecule has 0 saturated heterocycles.